The third-order valence-corrected chi connectivity index (χ3v) is 7.47. The van der Waals surface area contributed by atoms with Crippen molar-refractivity contribution in [1.82, 2.24) is 24.5 Å². The van der Waals surface area contributed by atoms with E-state index in [1.807, 2.05) is 20.8 Å². The van der Waals surface area contributed by atoms with Gasteiger partial charge in [-0.15, -0.1) is 0 Å². The zero-order valence-electron chi connectivity index (χ0n) is 24.4. The minimum Gasteiger partial charge on any atom is -0.444 e. The first kappa shape index (κ1) is 28.7. The third-order valence-electron chi connectivity index (χ3n) is 7.47. The molecule has 2 N–H and O–H groups in total. The van der Waals surface area contributed by atoms with Gasteiger partial charge in [0, 0.05) is 51.4 Å². The van der Waals surface area contributed by atoms with E-state index >= 15 is 0 Å². The number of carbonyl (C=O) groups excluding carboxylic acids is 1. The molecule has 5 rings (SSSR count). The Morgan fingerprint density at radius 2 is 1.62 bits per heavy atom. The summed E-state index contributed by atoms with van der Waals surface area (Å²) in [5.74, 6) is 2.19. The molecule has 1 amide bonds. The Kier molecular flexibility index (Phi) is 9.16. The maximum Gasteiger partial charge on any atom is 0.407 e. The highest BCUT2D eigenvalue weighted by Gasteiger charge is 2.26. The summed E-state index contributed by atoms with van der Waals surface area (Å²) >= 11 is 0. The maximum absolute atomic E-state index is 11.8. The van der Waals surface area contributed by atoms with Crippen LogP contribution in [0.5, 0.6) is 0 Å². The number of nitrogens with zero attached hydrogens (tertiary/aromatic N) is 4. The fourth-order valence-electron chi connectivity index (χ4n) is 5.57. The van der Waals surface area contributed by atoms with E-state index in [-0.39, 0.29) is 6.09 Å². The molecule has 0 unspecified atom stereocenters. The largest absolute Gasteiger partial charge is 0.444 e. The van der Waals surface area contributed by atoms with Crippen LogP contribution in [0, 0.1) is 38.5 Å². The number of anilines is 1. The second-order valence-electron chi connectivity index (χ2n) is 11.8. The second-order valence-corrected chi connectivity index (χ2v) is 11.8. The SMILES string of the molecule is Cc1cn2c(c(NCCCN3CCN(CCCNC(=O)OC(C)(C)C)CC3)nc3ccccc32)c1[C]1[CH][CH][CH][CH]1. The molecule has 8 nitrogen and oxygen atoms in total. The fourth-order valence-corrected chi connectivity index (χ4v) is 5.57. The number of aryl methyl sites for hydroxylation is 1. The Balaban J connectivity index is 1.10. The van der Waals surface area contributed by atoms with Crippen molar-refractivity contribution in [3.8, 4) is 0 Å². The Hall–Kier alpha value is -2.84. The molecule has 0 atom stereocenters. The van der Waals surface area contributed by atoms with Gasteiger partial charge in [0.15, 0.2) is 5.82 Å². The first-order valence-corrected chi connectivity index (χ1v) is 14.6. The lowest BCUT2D eigenvalue weighted by Crippen LogP contribution is -2.47. The maximum atomic E-state index is 11.8. The number of aromatic nitrogens is 2. The molecular formula is C32H43N6O2. The minimum atomic E-state index is -0.456. The smallest absolute Gasteiger partial charge is 0.407 e. The molecule has 5 radical (unpaired) electrons. The molecule has 213 valence electrons. The van der Waals surface area contributed by atoms with Crippen molar-refractivity contribution in [3.05, 3.63) is 73.2 Å². The van der Waals surface area contributed by atoms with Gasteiger partial charge in [0.2, 0.25) is 0 Å². The first-order valence-electron chi connectivity index (χ1n) is 14.6. The normalized spacial score (nSPS) is 17.6. The third kappa shape index (κ3) is 7.07. The average molecular weight is 544 g/mol. The van der Waals surface area contributed by atoms with Gasteiger partial charge in [-0.25, -0.2) is 9.78 Å². The fraction of sp³-hybridized carbons (Fsp3) is 0.469. The molecular weight excluding hydrogens is 500 g/mol. The zero-order chi connectivity index (χ0) is 28.1. The second kappa shape index (κ2) is 12.8. The summed E-state index contributed by atoms with van der Waals surface area (Å²) in [6, 6.07) is 8.36. The Morgan fingerprint density at radius 3 is 2.30 bits per heavy atom. The Morgan fingerprint density at radius 1 is 0.975 bits per heavy atom. The number of ether oxygens (including phenoxy) is 1. The number of para-hydroxylation sites is 2. The van der Waals surface area contributed by atoms with Crippen molar-refractivity contribution in [2.24, 2.45) is 0 Å². The van der Waals surface area contributed by atoms with E-state index in [4.69, 9.17) is 9.72 Å². The van der Waals surface area contributed by atoms with Gasteiger partial charge >= 0.3 is 6.09 Å². The molecule has 8 heteroatoms. The number of rotatable bonds is 10. The number of hydrogen-bond donors (Lipinski definition) is 2. The van der Waals surface area contributed by atoms with Crippen LogP contribution in [0.2, 0.25) is 0 Å². The molecule has 2 aromatic heterocycles. The number of amides is 1. The van der Waals surface area contributed by atoms with Crippen molar-refractivity contribution < 1.29 is 9.53 Å². The topological polar surface area (TPSA) is 74.1 Å². The highest BCUT2D eigenvalue weighted by molar-refractivity contribution is 5.89. The molecule has 1 saturated carbocycles. The van der Waals surface area contributed by atoms with Crippen LogP contribution >= 0.6 is 0 Å². The van der Waals surface area contributed by atoms with Gasteiger partial charge < -0.3 is 29.6 Å². The summed E-state index contributed by atoms with van der Waals surface area (Å²) in [6.45, 7) is 15.7. The highest BCUT2D eigenvalue weighted by atomic mass is 16.6. The predicted octanol–water partition coefficient (Wildman–Crippen LogP) is 4.88. The molecule has 3 heterocycles. The molecule has 1 aromatic carbocycles. The van der Waals surface area contributed by atoms with Crippen molar-refractivity contribution in [2.45, 2.75) is 46.1 Å². The lowest BCUT2D eigenvalue weighted by molar-refractivity contribution is 0.0524. The van der Waals surface area contributed by atoms with E-state index in [1.165, 1.54) is 17.0 Å². The molecule has 2 fully saturated rings. The Labute approximate surface area is 239 Å². The van der Waals surface area contributed by atoms with E-state index in [2.05, 4.69) is 87.9 Å². The minimum absolute atomic E-state index is 0.333. The molecule has 0 bridgehead atoms. The van der Waals surface area contributed by atoms with Crippen molar-refractivity contribution in [1.29, 1.82) is 0 Å². The summed E-state index contributed by atoms with van der Waals surface area (Å²) in [5.41, 5.74) is 5.33. The van der Waals surface area contributed by atoms with Crippen LogP contribution in [0.4, 0.5) is 10.6 Å². The quantitative estimate of drug-likeness (QED) is 0.355. The van der Waals surface area contributed by atoms with Crippen LogP contribution in [0.15, 0.2) is 30.5 Å². The molecule has 1 aliphatic carbocycles. The molecule has 1 saturated heterocycles. The number of fused-ring (bicyclic) bond motifs is 3. The molecule has 0 spiro atoms. The number of piperazine rings is 1. The van der Waals surface area contributed by atoms with E-state index in [0.29, 0.717) is 6.54 Å². The highest BCUT2D eigenvalue weighted by Crippen LogP contribution is 2.39. The molecule has 2 aliphatic rings. The van der Waals surface area contributed by atoms with E-state index in [0.717, 1.165) is 81.0 Å². The molecule has 3 aromatic rings. The van der Waals surface area contributed by atoms with Gasteiger partial charge in [-0.1, -0.05) is 12.1 Å². The predicted molar refractivity (Wildman–Crippen MR) is 162 cm³/mol. The summed E-state index contributed by atoms with van der Waals surface area (Å²) in [5, 5.41) is 6.54. The number of hydrogen-bond acceptors (Lipinski definition) is 6. The van der Waals surface area contributed by atoms with Crippen LogP contribution in [-0.2, 0) is 4.74 Å². The number of benzene rings is 1. The summed E-state index contributed by atoms with van der Waals surface area (Å²) < 4.78 is 7.60. The van der Waals surface area contributed by atoms with Gasteiger partial charge in [-0.05, 0) is 103 Å². The first-order chi connectivity index (χ1) is 19.3. The van der Waals surface area contributed by atoms with Gasteiger partial charge in [0.1, 0.15) is 5.60 Å². The van der Waals surface area contributed by atoms with Crippen LogP contribution in [0.3, 0.4) is 0 Å². The number of nitrogens with one attached hydrogen (secondary N) is 2. The summed E-state index contributed by atoms with van der Waals surface area (Å²) in [6.07, 6.45) is 12.5. The van der Waals surface area contributed by atoms with Crippen molar-refractivity contribution in [2.75, 3.05) is 57.7 Å². The van der Waals surface area contributed by atoms with Gasteiger partial charge in [0.05, 0.1) is 16.6 Å². The zero-order valence-corrected chi connectivity index (χ0v) is 24.4. The van der Waals surface area contributed by atoms with Gasteiger partial charge in [-0.3, -0.25) is 0 Å². The van der Waals surface area contributed by atoms with E-state index in [9.17, 15) is 4.79 Å². The standard InChI is InChI=1S/C32H43N6O2/c1-24-23-38-27-14-8-7-13-26(27)35-30(29(38)28(24)25-11-5-6-12-25)33-15-9-17-36-19-21-37(22-20-36)18-10-16-34-31(39)40-32(2,3)4/h5-8,11-14,23H,9-10,15-22H2,1-4H3,(H,33,35)(H,34,39). The summed E-state index contributed by atoms with van der Waals surface area (Å²) in [4.78, 5) is 21.9. The number of carbonyl (C=O) groups is 1. The van der Waals surface area contributed by atoms with Crippen molar-refractivity contribution >= 4 is 28.5 Å². The van der Waals surface area contributed by atoms with Gasteiger partial charge in [-0.2, -0.15) is 0 Å². The average Bonchev–Trinajstić information content (AvgIpc) is 3.56. The number of alkyl carbamates (subject to hydrolysis) is 1. The lowest BCUT2D eigenvalue weighted by atomic mass is 9.95. The van der Waals surface area contributed by atoms with E-state index in [1.54, 1.807) is 0 Å². The van der Waals surface area contributed by atoms with Crippen LogP contribution in [0.1, 0.15) is 44.7 Å². The van der Waals surface area contributed by atoms with Crippen molar-refractivity contribution in [3.63, 3.8) is 0 Å². The monoisotopic (exact) mass is 543 g/mol. The summed E-state index contributed by atoms with van der Waals surface area (Å²) in [7, 11) is 0. The van der Waals surface area contributed by atoms with Crippen LogP contribution in [-0.4, -0.2) is 83.2 Å². The molecule has 1 aliphatic heterocycles. The molecule has 40 heavy (non-hydrogen) atoms. The lowest BCUT2D eigenvalue weighted by Gasteiger charge is -2.34. The van der Waals surface area contributed by atoms with Gasteiger partial charge in [0.25, 0.3) is 0 Å². The van der Waals surface area contributed by atoms with Crippen LogP contribution in [0.25, 0.3) is 16.6 Å². The van der Waals surface area contributed by atoms with Crippen LogP contribution < -0.4 is 10.6 Å². The Bertz CT molecular complexity index is 1280. The van der Waals surface area contributed by atoms with E-state index < -0.39 is 5.60 Å².